The average Bonchev–Trinajstić information content (AvgIpc) is 3.23. The zero-order valence-electron chi connectivity index (χ0n) is 23.4. The van der Waals surface area contributed by atoms with E-state index in [1.165, 1.54) is 4.90 Å². The molecule has 6 rings (SSSR count). The molecule has 3 saturated heterocycles. The van der Waals surface area contributed by atoms with Crippen LogP contribution in [-0.2, 0) is 25.5 Å². The van der Waals surface area contributed by atoms with E-state index in [0.717, 1.165) is 34.8 Å². The van der Waals surface area contributed by atoms with E-state index >= 15 is 0 Å². The van der Waals surface area contributed by atoms with Crippen molar-refractivity contribution >= 4 is 46.3 Å². The van der Waals surface area contributed by atoms with Crippen molar-refractivity contribution in [2.45, 2.75) is 57.5 Å². The van der Waals surface area contributed by atoms with Crippen molar-refractivity contribution < 1.29 is 23.9 Å². The van der Waals surface area contributed by atoms with Gasteiger partial charge in [-0.2, -0.15) is 0 Å². The zero-order chi connectivity index (χ0) is 28.9. The standard InChI is InChI=1S/C31H35N5O5/c1-30(17-41-18-30)29(40)35-12-10-31(2,11-13-35)33-16-19(15-32)14-20-6-7-23-26-21(20)4-3-5-22(26)28(39)36(23)24-8-9-25(37)34-27(24)38/h3-7,15-16,24H,8-14,17-18,32H2,1-2H3,(H,34,37,38). The summed E-state index contributed by atoms with van der Waals surface area (Å²) in [5, 5.41) is 4.09. The first-order valence-corrected chi connectivity index (χ1v) is 14.2. The average molecular weight is 558 g/mol. The summed E-state index contributed by atoms with van der Waals surface area (Å²) in [4.78, 5) is 59.0. The number of amides is 4. The molecule has 4 aliphatic rings. The third kappa shape index (κ3) is 4.69. The molecule has 3 fully saturated rings. The third-order valence-corrected chi connectivity index (χ3v) is 8.98. The Hall–Kier alpha value is -4.05. The Bertz CT molecular complexity index is 1520. The molecule has 1 atom stereocenters. The maximum atomic E-state index is 13.4. The van der Waals surface area contributed by atoms with Crippen molar-refractivity contribution in [3.8, 4) is 0 Å². The predicted molar refractivity (Wildman–Crippen MR) is 155 cm³/mol. The fourth-order valence-corrected chi connectivity index (χ4v) is 6.30. The summed E-state index contributed by atoms with van der Waals surface area (Å²) >= 11 is 0. The number of nitrogens with two attached hydrogens (primary N) is 1. The Kier molecular flexibility index (Phi) is 6.68. The minimum absolute atomic E-state index is 0.166. The van der Waals surface area contributed by atoms with Gasteiger partial charge in [0.15, 0.2) is 0 Å². The Morgan fingerprint density at radius 2 is 1.90 bits per heavy atom. The molecule has 0 aliphatic carbocycles. The number of hydrogen-bond acceptors (Lipinski definition) is 7. The maximum absolute atomic E-state index is 13.4. The molecule has 0 saturated carbocycles. The first-order chi connectivity index (χ1) is 19.6. The predicted octanol–water partition coefficient (Wildman–Crippen LogP) is 2.48. The van der Waals surface area contributed by atoms with Crippen molar-refractivity contribution in [3.05, 3.63) is 53.2 Å². The highest BCUT2D eigenvalue weighted by atomic mass is 16.5. The quantitative estimate of drug-likeness (QED) is 0.414. The van der Waals surface area contributed by atoms with Crippen LogP contribution in [0, 0.1) is 5.41 Å². The SMILES string of the molecule is CC1(N=CC(=CN)Cc2ccc3c4c(cccc24)C(=O)N3C2CCC(=O)NC2=O)CCN(C(=O)C2(C)COC2)CC1. The Labute approximate surface area is 238 Å². The lowest BCUT2D eigenvalue weighted by molar-refractivity contribution is -0.170. The van der Waals surface area contributed by atoms with Crippen LogP contribution < -0.4 is 16.0 Å². The molecule has 2 aromatic rings. The van der Waals surface area contributed by atoms with Gasteiger partial charge in [-0.3, -0.25) is 34.4 Å². The van der Waals surface area contributed by atoms with E-state index in [9.17, 15) is 19.2 Å². The zero-order valence-corrected chi connectivity index (χ0v) is 23.4. The second-order valence-corrected chi connectivity index (χ2v) is 12.1. The summed E-state index contributed by atoms with van der Waals surface area (Å²) in [5.74, 6) is -0.826. The van der Waals surface area contributed by atoms with Gasteiger partial charge in [0.05, 0.1) is 29.9 Å². The molecule has 41 heavy (non-hydrogen) atoms. The van der Waals surface area contributed by atoms with Gasteiger partial charge < -0.3 is 15.4 Å². The molecule has 4 heterocycles. The molecule has 214 valence electrons. The van der Waals surface area contributed by atoms with Crippen LogP contribution in [0.2, 0.25) is 0 Å². The van der Waals surface area contributed by atoms with Gasteiger partial charge in [-0.25, -0.2) is 0 Å². The van der Waals surface area contributed by atoms with Gasteiger partial charge in [0.25, 0.3) is 5.91 Å². The molecule has 10 nitrogen and oxygen atoms in total. The van der Waals surface area contributed by atoms with Crippen LogP contribution in [-0.4, -0.2) is 72.6 Å². The minimum Gasteiger partial charge on any atom is -0.404 e. The number of nitrogens with one attached hydrogen (secondary N) is 1. The summed E-state index contributed by atoms with van der Waals surface area (Å²) < 4.78 is 5.27. The van der Waals surface area contributed by atoms with E-state index in [-0.39, 0.29) is 29.7 Å². The van der Waals surface area contributed by atoms with Gasteiger partial charge in [-0.05, 0) is 68.0 Å². The summed E-state index contributed by atoms with van der Waals surface area (Å²) in [6, 6.07) is 8.73. The number of aliphatic imine (C=N–C) groups is 1. The number of benzene rings is 2. The number of nitrogens with zero attached hydrogens (tertiary/aromatic N) is 3. The van der Waals surface area contributed by atoms with Crippen LogP contribution in [0.1, 0.15) is 55.5 Å². The lowest BCUT2D eigenvalue weighted by Gasteiger charge is -2.44. The summed E-state index contributed by atoms with van der Waals surface area (Å²) in [6.07, 6.45) is 5.94. The molecule has 4 amide bonds. The van der Waals surface area contributed by atoms with Gasteiger partial charge >= 0.3 is 0 Å². The lowest BCUT2D eigenvalue weighted by atomic mass is 9.84. The number of rotatable bonds is 6. The fraction of sp³-hybridized carbons (Fsp3) is 0.452. The van der Waals surface area contributed by atoms with E-state index in [1.54, 1.807) is 12.3 Å². The number of piperidine rings is 2. The monoisotopic (exact) mass is 557 g/mol. The van der Waals surface area contributed by atoms with Crippen LogP contribution in [0.15, 0.2) is 47.1 Å². The van der Waals surface area contributed by atoms with Crippen molar-refractivity contribution in [3.63, 3.8) is 0 Å². The van der Waals surface area contributed by atoms with E-state index in [2.05, 4.69) is 12.2 Å². The summed E-state index contributed by atoms with van der Waals surface area (Å²) in [5.41, 5.74) is 8.42. The van der Waals surface area contributed by atoms with Crippen LogP contribution in [0.5, 0.6) is 0 Å². The number of carbonyl (C=O) groups is 4. The van der Waals surface area contributed by atoms with E-state index in [4.69, 9.17) is 15.5 Å². The largest absolute Gasteiger partial charge is 0.404 e. The number of carbonyl (C=O) groups excluding carboxylic acids is 4. The smallest absolute Gasteiger partial charge is 0.259 e. The highest BCUT2D eigenvalue weighted by Crippen LogP contribution is 2.41. The van der Waals surface area contributed by atoms with Crippen molar-refractivity contribution in [2.75, 3.05) is 31.2 Å². The molecular weight excluding hydrogens is 522 g/mol. The van der Waals surface area contributed by atoms with Crippen molar-refractivity contribution in [1.82, 2.24) is 10.2 Å². The Balaban J connectivity index is 1.19. The van der Waals surface area contributed by atoms with Crippen molar-refractivity contribution in [2.24, 2.45) is 16.1 Å². The first-order valence-electron chi connectivity index (χ1n) is 14.2. The first kappa shape index (κ1) is 27.1. The van der Waals surface area contributed by atoms with E-state index in [0.29, 0.717) is 50.4 Å². The topological polar surface area (TPSA) is 134 Å². The number of allylic oxidation sites excluding steroid dienone is 1. The number of hydrogen-bond donors (Lipinski definition) is 2. The Morgan fingerprint density at radius 3 is 2.56 bits per heavy atom. The Morgan fingerprint density at radius 1 is 1.15 bits per heavy atom. The van der Waals surface area contributed by atoms with Crippen molar-refractivity contribution in [1.29, 1.82) is 0 Å². The van der Waals surface area contributed by atoms with Gasteiger partial charge in [0.2, 0.25) is 17.7 Å². The molecule has 1 unspecified atom stereocenters. The molecular formula is C31H35N5O5. The van der Waals surface area contributed by atoms with Gasteiger partial charge in [0, 0.05) is 43.1 Å². The van der Waals surface area contributed by atoms with E-state index in [1.807, 2.05) is 42.3 Å². The second-order valence-electron chi connectivity index (χ2n) is 12.1. The van der Waals surface area contributed by atoms with Gasteiger partial charge in [0.1, 0.15) is 6.04 Å². The summed E-state index contributed by atoms with van der Waals surface area (Å²) in [7, 11) is 0. The number of likely N-dealkylation sites (tertiary alicyclic amines) is 1. The highest BCUT2D eigenvalue weighted by molar-refractivity contribution is 6.27. The molecule has 10 heteroatoms. The molecule has 4 aliphatic heterocycles. The minimum atomic E-state index is -0.722. The molecule has 3 N–H and O–H groups in total. The molecule has 0 bridgehead atoms. The highest BCUT2D eigenvalue weighted by Gasteiger charge is 2.45. The molecule has 0 aromatic heterocycles. The van der Waals surface area contributed by atoms with Gasteiger partial charge in [-0.1, -0.05) is 18.2 Å². The normalized spacial score (nSPS) is 23.7. The lowest BCUT2D eigenvalue weighted by Crippen LogP contribution is -2.56. The summed E-state index contributed by atoms with van der Waals surface area (Å²) in [6.45, 7) is 6.38. The van der Waals surface area contributed by atoms with Gasteiger partial charge in [-0.15, -0.1) is 0 Å². The van der Waals surface area contributed by atoms with Crippen LogP contribution in [0.25, 0.3) is 10.8 Å². The van der Waals surface area contributed by atoms with E-state index < -0.39 is 17.4 Å². The molecule has 0 radical (unpaired) electrons. The van der Waals surface area contributed by atoms with Crippen LogP contribution in [0.3, 0.4) is 0 Å². The third-order valence-electron chi connectivity index (χ3n) is 8.98. The number of anilines is 1. The number of ether oxygens (including phenoxy) is 1. The molecule has 2 aromatic carbocycles. The maximum Gasteiger partial charge on any atom is 0.259 e. The van der Waals surface area contributed by atoms with Crippen LogP contribution in [0.4, 0.5) is 5.69 Å². The second kappa shape index (κ2) is 10.1. The molecule has 0 spiro atoms. The van der Waals surface area contributed by atoms with Crippen LogP contribution >= 0.6 is 0 Å². The fourth-order valence-electron chi connectivity index (χ4n) is 6.30. The number of imide groups is 1.